The molecule has 0 aliphatic heterocycles. The van der Waals surface area contributed by atoms with Crippen molar-refractivity contribution < 1.29 is 17.9 Å². The summed E-state index contributed by atoms with van der Waals surface area (Å²) in [5.74, 6) is -0.570. The number of rotatable bonds is 9. The van der Waals surface area contributed by atoms with Crippen molar-refractivity contribution in [3.8, 4) is 11.1 Å². The fraction of sp³-hybridized carbons (Fsp3) is 0.278. The SMILES string of the molecule is Cc1ccc(S(=O)(=O)N/N=C(/C(=O)O[C@H]2CCCC[C@@H]2C(C)(C)c2ccc(-c3ccccc3)cc2)c2ccccc2)cc1. The van der Waals surface area contributed by atoms with Gasteiger partial charge in [0.05, 0.1) is 4.90 Å². The van der Waals surface area contributed by atoms with E-state index in [-0.39, 0.29) is 28.0 Å². The minimum absolute atomic E-state index is 0.0648. The Morgan fingerprint density at radius 1 is 0.791 bits per heavy atom. The normalized spacial score (nSPS) is 17.7. The van der Waals surface area contributed by atoms with E-state index in [1.165, 1.54) is 23.3 Å². The second kappa shape index (κ2) is 13.0. The molecule has 222 valence electrons. The van der Waals surface area contributed by atoms with Gasteiger partial charge in [0.15, 0.2) is 5.71 Å². The smallest absolute Gasteiger partial charge is 0.359 e. The fourth-order valence-corrected chi connectivity index (χ4v) is 6.70. The molecule has 0 spiro atoms. The number of sulfonamides is 1. The summed E-state index contributed by atoms with van der Waals surface area (Å²) < 4.78 is 32.2. The largest absolute Gasteiger partial charge is 0.457 e. The van der Waals surface area contributed by atoms with Gasteiger partial charge in [-0.2, -0.15) is 18.4 Å². The highest BCUT2D eigenvalue weighted by atomic mass is 32.2. The van der Waals surface area contributed by atoms with Gasteiger partial charge >= 0.3 is 5.97 Å². The van der Waals surface area contributed by atoms with Crippen molar-refractivity contribution in [1.29, 1.82) is 0 Å². The standard InChI is InChI=1S/C36H38N2O4S/c1-26-18-24-31(25-19-26)43(40,41)38-37-34(29-14-8-5-9-15-29)35(39)42-33-17-11-10-16-32(33)36(2,3)30-22-20-28(21-23-30)27-12-6-4-7-13-27/h4-9,12-15,18-25,32-33,38H,10-11,16-17H2,1-3H3/b37-34+/t32-,33-/m0/s1. The molecule has 0 amide bonds. The number of ether oxygens (including phenoxy) is 1. The molecule has 0 saturated heterocycles. The molecule has 4 aromatic rings. The van der Waals surface area contributed by atoms with E-state index in [9.17, 15) is 13.2 Å². The Morgan fingerprint density at radius 2 is 1.37 bits per heavy atom. The molecule has 43 heavy (non-hydrogen) atoms. The van der Waals surface area contributed by atoms with Crippen LogP contribution < -0.4 is 4.83 Å². The zero-order chi connectivity index (χ0) is 30.5. The van der Waals surface area contributed by atoms with Gasteiger partial charge in [0.25, 0.3) is 10.0 Å². The predicted molar refractivity (Wildman–Crippen MR) is 171 cm³/mol. The molecule has 1 aliphatic rings. The Labute approximate surface area is 254 Å². The van der Waals surface area contributed by atoms with Crippen LogP contribution in [0.4, 0.5) is 0 Å². The van der Waals surface area contributed by atoms with Crippen LogP contribution >= 0.6 is 0 Å². The van der Waals surface area contributed by atoms with Crippen molar-refractivity contribution in [3.63, 3.8) is 0 Å². The number of aryl methyl sites for hydroxylation is 1. The molecule has 0 radical (unpaired) electrons. The summed E-state index contributed by atoms with van der Waals surface area (Å²) in [4.78, 5) is 16.1. The van der Waals surface area contributed by atoms with Crippen molar-refractivity contribution in [1.82, 2.24) is 4.83 Å². The maximum Gasteiger partial charge on any atom is 0.359 e. The molecule has 1 fully saturated rings. The number of hydrogen-bond acceptors (Lipinski definition) is 5. The molecule has 0 bridgehead atoms. The highest BCUT2D eigenvalue weighted by Crippen LogP contribution is 2.42. The Hall–Kier alpha value is -4.23. The van der Waals surface area contributed by atoms with Crippen LogP contribution in [-0.4, -0.2) is 26.2 Å². The number of carbonyl (C=O) groups is 1. The minimum Gasteiger partial charge on any atom is -0.457 e. The summed E-state index contributed by atoms with van der Waals surface area (Å²) in [6, 6.07) is 34.2. The lowest BCUT2D eigenvalue weighted by atomic mass is 9.66. The first-order chi connectivity index (χ1) is 20.6. The van der Waals surface area contributed by atoms with Gasteiger partial charge in [0.2, 0.25) is 0 Å². The van der Waals surface area contributed by atoms with Gasteiger partial charge in [-0.3, -0.25) is 0 Å². The van der Waals surface area contributed by atoms with Gasteiger partial charge in [0.1, 0.15) is 6.10 Å². The Balaban J connectivity index is 1.38. The molecule has 6 nitrogen and oxygen atoms in total. The van der Waals surface area contributed by atoms with Crippen molar-refractivity contribution in [2.75, 3.05) is 0 Å². The van der Waals surface area contributed by atoms with E-state index in [1.807, 2.05) is 31.2 Å². The molecule has 0 unspecified atom stereocenters. The Kier molecular flexibility index (Phi) is 9.11. The molecule has 1 saturated carbocycles. The molecular formula is C36H38N2O4S. The van der Waals surface area contributed by atoms with Gasteiger partial charge in [-0.1, -0.05) is 123 Å². The Morgan fingerprint density at radius 3 is 2.02 bits per heavy atom. The minimum atomic E-state index is -3.99. The summed E-state index contributed by atoms with van der Waals surface area (Å²) in [6.07, 6.45) is 3.32. The summed E-state index contributed by atoms with van der Waals surface area (Å²) in [6.45, 7) is 6.30. The average Bonchev–Trinajstić information content (AvgIpc) is 3.02. The van der Waals surface area contributed by atoms with E-state index in [1.54, 1.807) is 36.4 Å². The molecule has 2 atom stereocenters. The van der Waals surface area contributed by atoms with Gasteiger partial charge < -0.3 is 4.74 Å². The summed E-state index contributed by atoms with van der Waals surface area (Å²) in [5, 5.41) is 4.12. The second-order valence-corrected chi connectivity index (χ2v) is 13.4. The first kappa shape index (κ1) is 30.2. The first-order valence-electron chi connectivity index (χ1n) is 14.7. The molecule has 0 heterocycles. The lowest BCUT2D eigenvalue weighted by Gasteiger charge is -2.42. The van der Waals surface area contributed by atoms with Crippen LogP contribution in [-0.2, 0) is 25.0 Å². The number of benzene rings is 4. The number of esters is 1. The molecule has 5 rings (SSSR count). The van der Waals surface area contributed by atoms with Crippen LogP contribution in [0.2, 0.25) is 0 Å². The molecule has 7 heteroatoms. The molecule has 0 aromatic heterocycles. The maximum atomic E-state index is 13.7. The van der Waals surface area contributed by atoms with E-state index in [0.717, 1.165) is 36.8 Å². The number of carbonyl (C=O) groups excluding carboxylic acids is 1. The van der Waals surface area contributed by atoms with Crippen molar-refractivity contribution in [3.05, 3.63) is 126 Å². The molecule has 1 aliphatic carbocycles. The number of nitrogens with zero attached hydrogens (tertiary/aromatic N) is 1. The topological polar surface area (TPSA) is 84.8 Å². The van der Waals surface area contributed by atoms with Crippen LogP contribution in [0, 0.1) is 12.8 Å². The third kappa shape index (κ3) is 7.05. The maximum absolute atomic E-state index is 13.7. The van der Waals surface area contributed by atoms with E-state index < -0.39 is 16.0 Å². The third-order valence-corrected chi connectivity index (χ3v) is 9.70. The number of nitrogens with one attached hydrogen (secondary N) is 1. The monoisotopic (exact) mass is 594 g/mol. The second-order valence-electron chi connectivity index (χ2n) is 11.7. The van der Waals surface area contributed by atoms with Crippen LogP contribution in [0.5, 0.6) is 0 Å². The fourth-order valence-electron chi connectivity index (χ4n) is 5.89. The average molecular weight is 595 g/mol. The lowest BCUT2D eigenvalue weighted by Crippen LogP contribution is -2.43. The quantitative estimate of drug-likeness (QED) is 0.124. The highest BCUT2D eigenvalue weighted by Gasteiger charge is 2.41. The van der Waals surface area contributed by atoms with Crippen LogP contribution in [0.25, 0.3) is 11.1 Å². The van der Waals surface area contributed by atoms with Crippen LogP contribution in [0.1, 0.15) is 56.2 Å². The van der Waals surface area contributed by atoms with Gasteiger partial charge in [0, 0.05) is 11.5 Å². The molecule has 4 aromatic carbocycles. The zero-order valence-corrected chi connectivity index (χ0v) is 25.7. The summed E-state index contributed by atoms with van der Waals surface area (Å²) in [5.41, 5.74) is 4.58. The first-order valence-corrected chi connectivity index (χ1v) is 16.2. The van der Waals surface area contributed by atoms with Gasteiger partial charge in [-0.05, 0) is 60.4 Å². The highest BCUT2D eigenvalue weighted by molar-refractivity contribution is 7.89. The number of hydrogen-bond donors (Lipinski definition) is 1. The van der Waals surface area contributed by atoms with E-state index >= 15 is 0 Å². The summed E-state index contributed by atoms with van der Waals surface area (Å²) >= 11 is 0. The van der Waals surface area contributed by atoms with Gasteiger partial charge in [-0.15, -0.1) is 0 Å². The van der Waals surface area contributed by atoms with E-state index in [0.29, 0.717) is 5.56 Å². The number of hydrazone groups is 1. The third-order valence-electron chi connectivity index (χ3n) is 8.47. The van der Waals surface area contributed by atoms with E-state index in [2.05, 4.69) is 60.2 Å². The Bertz CT molecular complexity index is 1670. The van der Waals surface area contributed by atoms with Crippen LogP contribution in [0.15, 0.2) is 119 Å². The van der Waals surface area contributed by atoms with Crippen molar-refractivity contribution in [2.45, 2.75) is 62.9 Å². The van der Waals surface area contributed by atoms with E-state index in [4.69, 9.17) is 4.74 Å². The van der Waals surface area contributed by atoms with Gasteiger partial charge in [-0.25, -0.2) is 4.79 Å². The van der Waals surface area contributed by atoms with Crippen LogP contribution in [0.3, 0.4) is 0 Å². The zero-order valence-electron chi connectivity index (χ0n) is 24.9. The van der Waals surface area contributed by atoms with Crippen molar-refractivity contribution >= 4 is 21.7 Å². The predicted octanol–water partition coefficient (Wildman–Crippen LogP) is 7.42. The lowest BCUT2D eigenvalue weighted by molar-refractivity contribution is -0.146. The van der Waals surface area contributed by atoms with Crippen molar-refractivity contribution in [2.24, 2.45) is 11.0 Å². The molecule has 1 N–H and O–H groups in total. The molecular weight excluding hydrogens is 556 g/mol. The summed E-state index contributed by atoms with van der Waals surface area (Å²) in [7, 11) is -3.99.